The number of aromatic nitrogens is 3. The summed E-state index contributed by atoms with van der Waals surface area (Å²) in [5.41, 5.74) is 3.18. The second kappa shape index (κ2) is 11.0. The third-order valence-electron chi connectivity index (χ3n) is 5.19. The minimum Gasteiger partial charge on any atom is -0.494 e. The van der Waals surface area contributed by atoms with Crippen LogP contribution in [0.25, 0.3) is 0 Å². The zero-order valence-electron chi connectivity index (χ0n) is 18.5. The third kappa shape index (κ3) is 5.79. The number of rotatable bonds is 9. The van der Waals surface area contributed by atoms with E-state index in [9.17, 15) is 0 Å². The van der Waals surface area contributed by atoms with E-state index in [2.05, 4.69) is 32.3 Å². The average molecular weight is 436 g/mol. The van der Waals surface area contributed by atoms with E-state index in [1.165, 1.54) is 0 Å². The van der Waals surface area contributed by atoms with Crippen LogP contribution in [0, 0.1) is 0 Å². The lowest BCUT2D eigenvalue weighted by molar-refractivity contribution is -0.0351. The van der Waals surface area contributed by atoms with Crippen LogP contribution in [0.3, 0.4) is 0 Å². The van der Waals surface area contributed by atoms with Gasteiger partial charge in [-0.25, -0.2) is 15.0 Å². The summed E-state index contributed by atoms with van der Waals surface area (Å²) in [4.78, 5) is 15.5. The molecule has 3 aromatic rings. The van der Waals surface area contributed by atoms with Gasteiger partial charge in [-0.2, -0.15) is 0 Å². The molecule has 1 saturated heterocycles. The first-order valence-corrected chi connectivity index (χ1v) is 10.8. The number of nitrogens with one attached hydrogen (secondary N) is 1. The number of ether oxygens (including phenoxy) is 3. The number of benzene rings is 1. The van der Waals surface area contributed by atoms with Crippen molar-refractivity contribution < 1.29 is 14.2 Å². The molecule has 0 radical (unpaired) electrons. The molecule has 1 atom stereocenters. The smallest absolute Gasteiger partial charge is 0.228 e. The van der Waals surface area contributed by atoms with Gasteiger partial charge in [-0.15, -0.1) is 0 Å². The van der Waals surface area contributed by atoms with Crippen molar-refractivity contribution in [1.29, 1.82) is 0 Å². The highest BCUT2D eigenvalue weighted by atomic mass is 16.5. The molecule has 8 nitrogen and oxygen atoms in total. The second-order valence-electron chi connectivity index (χ2n) is 7.55. The fourth-order valence-electron chi connectivity index (χ4n) is 3.75. The van der Waals surface area contributed by atoms with Crippen molar-refractivity contribution in [2.75, 3.05) is 38.7 Å². The normalized spacial score (nSPS) is 16.6. The zero-order valence-corrected chi connectivity index (χ0v) is 18.5. The van der Waals surface area contributed by atoms with E-state index < -0.39 is 0 Å². The molecule has 32 heavy (non-hydrogen) atoms. The molecule has 2 aromatic heterocycles. The van der Waals surface area contributed by atoms with Crippen LogP contribution >= 0.6 is 0 Å². The van der Waals surface area contributed by atoms with Gasteiger partial charge >= 0.3 is 0 Å². The highest BCUT2D eigenvalue weighted by molar-refractivity contribution is 5.47. The maximum absolute atomic E-state index is 6.06. The van der Waals surface area contributed by atoms with Gasteiger partial charge in [-0.1, -0.05) is 12.1 Å². The van der Waals surface area contributed by atoms with E-state index in [0.717, 1.165) is 42.2 Å². The summed E-state index contributed by atoms with van der Waals surface area (Å²) in [5, 5.41) is 3.14. The van der Waals surface area contributed by atoms with E-state index in [4.69, 9.17) is 19.2 Å². The first-order valence-electron chi connectivity index (χ1n) is 10.8. The lowest BCUT2D eigenvalue weighted by atomic mass is 10.1. The molecule has 0 amide bonds. The van der Waals surface area contributed by atoms with Gasteiger partial charge in [0.1, 0.15) is 17.7 Å². The van der Waals surface area contributed by atoms with Gasteiger partial charge in [-0.3, -0.25) is 4.90 Å². The molecule has 3 heterocycles. The lowest BCUT2D eigenvalue weighted by Crippen LogP contribution is -2.38. The SMILES string of the molecule is CCOc1ccc(COC)cc1CN1CCOC(c2cccc(Nc3ncccn3)n2)C1. The van der Waals surface area contributed by atoms with Crippen LogP contribution in [0.1, 0.15) is 29.8 Å². The first kappa shape index (κ1) is 22.1. The summed E-state index contributed by atoms with van der Waals surface area (Å²) < 4.78 is 17.2. The Balaban J connectivity index is 1.46. The van der Waals surface area contributed by atoms with Gasteiger partial charge in [0, 0.05) is 44.7 Å². The Kier molecular flexibility index (Phi) is 7.60. The molecule has 0 saturated carbocycles. The summed E-state index contributed by atoms with van der Waals surface area (Å²) in [5.74, 6) is 2.13. The maximum atomic E-state index is 6.06. The Bertz CT molecular complexity index is 1000. The van der Waals surface area contributed by atoms with Crippen molar-refractivity contribution in [2.24, 2.45) is 0 Å². The predicted octanol–water partition coefficient (Wildman–Crippen LogP) is 3.73. The Hall–Kier alpha value is -3.07. The molecule has 1 aliphatic heterocycles. The van der Waals surface area contributed by atoms with E-state index in [1.54, 1.807) is 25.6 Å². The standard InChI is InChI=1S/C24H29N5O3/c1-3-31-21-9-8-18(17-30-2)14-19(21)15-29-12-13-32-22(16-29)20-6-4-7-23(27-20)28-24-25-10-5-11-26-24/h4-11,14,22H,3,12-13,15-17H2,1-2H3,(H,25,26,27,28). The van der Waals surface area contributed by atoms with Crippen molar-refractivity contribution >= 4 is 11.8 Å². The highest BCUT2D eigenvalue weighted by Crippen LogP contribution is 2.27. The monoisotopic (exact) mass is 435 g/mol. The Morgan fingerprint density at radius 1 is 1.16 bits per heavy atom. The van der Waals surface area contributed by atoms with Gasteiger partial charge < -0.3 is 19.5 Å². The Morgan fingerprint density at radius 2 is 2.03 bits per heavy atom. The van der Waals surface area contributed by atoms with Crippen LogP contribution in [0.4, 0.5) is 11.8 Å². The van der Waals surface area contributed by atoms with Crippen molar-refractivity contribution in [3.8, 4) is 5.75 Å². The zero-order chi connectivity index (χ0) is 22.2. The molecule has 0 aliphatic carbocycles. The molecular formula is C24H29N5O3. The van der Waals surface area contributed by atoms with Crippen LogP contribution in [-0.4, -0.2) is 53.3 Å². The van der Waals surface area contributed by atoms with E-state index >= 15 is 0 Å². The summed E-state index contributed by atoms with van der Waals surface area (Å²) in [6.07, 6.45) is 3.28. The Labute approximate surface area is 188 Å². The highest BCUT2D eigenvalue weighted by Gasteiger charge is 2.24. The number of hydrogen-bond acceptors (Lipinski definition) is 8. The number of anilines is 2. The predicted molar refractivity (Wildman–Crippen MR) is 122 cm³/mol. The third-order valence-corrected chi connectivity index (χ3v) is 5.19. The molecule has 1 fully saturated rings. The number of nitrogens with zero attached hydrogens (tertiary/aromatic N) is 4. The van der Waals surface area contributed by atoms with Gasteiger partial charge in [0.2, 0.25) is 5.95 Å². The van der Waals surface area contributed by atoms with Gasteiger partial charge in [0.25, 0.3) is 0 Å². The van der Waals surface area contributed by atoms with Gasteiger partial charge in [0.15, 0.2) is 0 Å². The summed E-state index contributed by atoms with van der Waals surface area (Å²) in [6, 6.07) is 13.9. The lowest BCUT2D eigenvalue weighted by Gasteiger charge is -2.33. The molecule has 4 rings (SSSR count). The molecule has 1 N–H and O–H groups in total. The Morgan fingerprint density at radius 3 is 2.84 bits per heavy atom. The summed E-state index contributed by atoms with van der Waals surface area (Å²) >= 11 is 0. The second-order valence-corrected chi connectivity index (χ2v) is 7.55. The number of hydrogen-bond donors (Lipinski definition) is 1. The minimum atomic E-state index is -0.111. The van der Waals surface area contributed by atoms with Crippen LogP contribution in [0.5, 0.6) is 5.75 Å². The topological polar surface area (TPSA) is 81.6 Å². The fraction of sp³-hybridized carbons (Fsp3) is 0.375. The average Bonchev–Trinajstić information content (AvgIpc) is 2.82. The van der Waals surface area contributed by atoms with Crippen molar-refractivity contribution in [3.05, 3.63) is 71.7 Å². The molecule has 0 spiro atoms. The molecular weight excluding hydrogens is 406 g/mol. The van der Waals surface area contributed by atoms with Crippen LogP contribution in [0.2, 0.25) is 0 Å². The van der Waals surface area contributed by atoms with Crippen molar-refractivity contribution in [2.45, 2.75) is 26.2 Å². The fourth-order valence-corrected chi connectivity index (χ4v) is 3.75. The van der Waals surface area contributed by atoms with Crippen LogP contribution in [0.15, 0.2) is 54.9 Å². The van der Waals surface area contributed by atoms with E-state index in [-0.39, 0.29) is 6.10 Å². The number of methoxy groups -OCH3 is 1. The molecule has 8 heteroatoms. The maximum Gasteiger partial charge on any atom is 0.228 e. The first-order chi connectivity index (χ1) is 15.7. The van der Waals surface area contributed by atoms with E-state index in [1.807, 2.05) is 31.2 Å². The summed E-state index contributed by atoms with van der Waals surface area (Å²) in [6.45, 7) is 6.25. The number of pyridine rings is 1. The molecule has 1 aliphatic rings. The number of morpholine rings is 1. The van der Waals surface area contributed by atoms with E-state index in [0.29, 0.717) is 31.6 Å². The van der Waals surface area contributed by atoms with Crippen LogP contribution < -0.4 is 10.1 Å². The molecule has 0 bridgehead atoms. The quantitative estimate of drug-likeness (QED) is 0.544. The van der Waals surface area contributed by atoms with Crippen molar-refractivity contribution in [1.82, 2.24) is 19.9 Å². The largest absolute Gasteiger partial charge is 0.494 e. The minimum absolute atomic E-state index is 0.111. The molecule has 1 aromatic carbocycles. The molecule has 168 valence electrons. The van der Waals surface area contributed by atoms with Gasteiger partial charge in [-0.05, 0) is 42.8 Å². The van der Waals surface area contributed by atoms with Gasteiger partial charge in [0.05, 0.1) is 25.5 Å². The van der Waals surface area contributed by atoms with Crippen molar-refractivity contribution in [3.63, 3.8) is 0 Å². The summed E-state index contributed by atoms with van der Waals surface area (Å²) in [7, 11) is 1.71. The molecule has 1 unspecified atom stereocenters. The van der Waals surface area contributed by atoms with Crippen LogP contribution in [-0.2, 0) is 22.6 Å².